The molecular formula is C25H23FN2O2. The molecule has 4 nitrogen and oxygen atoms in total. The number of hydrogen-bond donors (Lipinski definition) is 1. The first-order valence-electron chi connectivity index (χ1n) is 9.04. The number of allylic oxidation sites excluding steroid dienone is 3. The SMILES string of the molecule is C#C.C=C/C(=C\C=C/C)[C@H]1CNC(=O)O1.Fc1ccc(C#Cc2ccccn2)cc1. The summed E-state index contributed by atoms with van der Waals surface area (Å²) >= 11 is 0. The minimum absolute atomic E-state index is 0.193. The molecule has 3 rings (SSSR count). The smallest absolute Gasteiger partial charge is 0.407 e. The van der Waals surface area contributed by atoms with E-state index in [0.717, 1.165) is 11.1 Å². The number of benzene rings is 1. The van der Waals surface area contributed by atoms with E-state index < -0.39 is 0 Å². The Morgan fingerprint density at radius 1 is 1.27 bits per heavy atom. The Kier molecular flexibility index (Phi) is 11.2. The minimum Gasteiger partial charge on any atom is -0.439 e. The maximum absolute atomic E-state index is 12.6. The highest BCUT2D eigenvalue weighted by Gasteiger charge is 2.23. The van der Waals surface area contributed by atoms with Gasteiger partial charge in [0.2, 0.25) is 0 Å². The van der Waals surface area contributed by atoms with Crippen LogP contribution in [0, 0.1) is 30.5 Å². The van der Waals surface area contributed by atoms with E-state index in [1.165, 1.54) is 12.1 Å². The van der Waals surface area contributed by atoms with Crippen LogP contribution in [-0.2, 0) is 4.74 Å². The number of ether oxygens (including phenoxy) is 1. The Balaban J connectivity index is 0.000000280. The molecule has 30 heavy (non-hydrogen) atoms. The van der Waals surface area contributed by atoms with Crippen molar-refractivity contribution in [3.63, 3.8) is 0 Å². The normalized spacial score (nSPS) is 14.6. The van der Waals surface area contributed by atoms with Crippen molar-refractivity contribution in [2.45, 2.75) is 13.0 Å². The Hall–Kier alpha value is -4.09. The van der Waals surface area contributed by atoms with Gasteiger partial charge in [-0.2, -0.15) is 0 Å². The molecule has 152 valence electrons. The van der Waals surface area contributed by atoms with Gasteiger partial charge in [-0.3, -0.25) is 0 Å². The average molecular weight is 402 g/mol. The summed E-state index contributed by atoms with van der Waals surface area (Å²) in [5, 5.41) is 2.59. The average Bonchev–Trinajstić information content (AvgIpc) is 3.22. The third-order valence-electron chi connectivity index (χ3n) is 3.61. The van der Waals surface area contributed by atoms with Crippen LogP contribution < -0.4 is 5.32 Å². The molecule has 0 aliphatic carbocycles. The number of carbonyl (C=O) groups is 1. The van der Waals surface area contributed by atoms with Crippen LogP contribution in [0.2, 0.25) is 0 Å². The number of nitrogens with zero attached hydrogens (tertiary/aromatic N) is 1. The molecule has 5 heteroatoms. The van der Waals surface area contributed by atoms with E-state index in [1.807, 2.05) is 43.4 Å². The third-order valence-corrected chi connectivity index (χ3v) is 3.61. The van der Waals surface area contributed by atoms with Crippen molar-refractivity contribution in [3.8, 4) is 24.7 Å². The van der Waals surface area contributed by atoms with Crippen LogP contribution in [0.3, 0.4) is 0 Å². The van der Waals surface area contributed by atoms with Crippen LogP contribution in [0.4, 0.5) is 9.18 Å². The highest BCUT2D eigenvalue weighted by molar-refractivity contribution is 5.70. The molecule has 2 aromatic rings. The minimum atomic E-state index is -0.363. The fourth-order valence-corrected chi connectivity index (χ4v) is 2.19. The van der Waals surface area contributed by atoms with Crippen LogP contribution in [0.5, 0.6) is 0 Å². The summed E-state index contributed by atoms with van der Waals surface area (Å²) in [5.74, 6) is 5.55. The number of rotatable bonds is 3. The quantitative estimate of drug-likeness (QED) is 0.600. The summed E-state index contributed by atoms with van der Waals surface area (Å²) in [5.41, 5.74) is 2.40. The van der Waals surface area contributed by atoms with Crippen molar-refractivity contribution < 1.29 is 13.9 Å². The molecule has 1 saturated heterocycles. The van der Waals surface area contributed by atoms with Crippen LogP contribution in [0.1, 0.15) is 18.2 Å². The summed E-state index contributed by atoms with van der Waals surface area (Å²) in [6.45, 7) is 6.11. The highest BCUT2D eigenvalue weighted by atomic mass is 19.1. The first-order chi connectivity index (χ1) is 14.6. The number of nitrogens with one attached hydrogen (secondary N) is 1. The summed E-state index contributed by atoms with van der Waals surface area (Å²) in [6.07, 6.45) is 16.5. The van der Waals surface area contributed by atoms with Gasteiger partial charge in [0.1, 0.15) is 17.6 Å². The topological polar surface area (TPSA) is 51.2 Å². The monoisotopic (exact) mass is 402 g/mol. The zero-order chi connectivity index (χ0) is 22.2. The number of pyridine rings is 1. The van der Waals surface area contributed by atoms with Crippen LogP contribution in [0.15, 0.2) is 85.1 Å². The second-order valence-electron chi connectivity index (χ2n) is 5.64. The van der Waals surface area contributed by atoms with Gasteiger partial charge in [-0.05, 0) is 54.8 Å². The first-order valence-corrected chi connectivity index (χ1v) is 9.04. The van der Waals surface area contributed by atoms with Gasteiger partial charge in [-0.15, -0.1) is 12.8 Å². The van der Waals surface area contributed by atoms with Crippen LogP contribution in [0.25, 0.3) is 0 Å². The number of alkyl carbamates (subject to hydrolysis) is 1. The van der Waals surface area contributed by atoms with E-state index in [9.17, 15) is 9.18 Å². The Bertz CT molecular complexity index is 949. The van der Waals surface area contributed by atoms with E-state index in [0.29, 0.717) is 12.2 Å². The lowest BCUT2D eigenvalue weighted by atomic mass is 10.1. The molecule has 0 spiro atoms. The fraction of sp³-hybridized carbons (Fsp3) is 0.120. The van der Waals surface area contributed by atoms with E-state index in [2.05, 4.69) is 41.6 Å². The highest BCUT2D eigenvalue weighted by Crippen LogP contribution is 2.12. The molecule has 2 heterocycles. The van der Waals surface area contributed by atoms with Crippen LogP contribution in [-0.4, -0.2) is 23.7 Å². The van der Waals surface area contributed by atoms with Crippen molar-refractivity contribution in [3.05, 3.63) is 102 Å². The van der Waals surface area contributed by atoms with Gasteiger partial charge in [-0.1, -0.05) is 42.9 Å². The second-order valence-corrected chi connectivity index (χ2v) is 5.64. The summed E-state index contributed by atoms with van der Waals surface area (Å²) in [4.78, 5) is 14.8. The van der Waals surface area contributed by atoms with Gasteiger partial charge in [0.25, 0.3) is 0 Å². The maximum atomic E-state index is 12.6. The molecular weight excluding hydrogens is 379 g/mol. The Morgan fingerprint density at radius 2 is 2.00 bits per heavy atom. The summed E-state index contributed by atoms with van der Waals surface area (Å²) < 4.78 is 17.6. The van der Waals surface area contributed by atoms with Gasteiger partial charge in [-0.25, -0.2) is 14.2 Å². The molecule has 0 radical (unpaired) electrons. The lowest BCUT2D eigenvalue weighted by Crippen LogP contribution is -2.15. The molecule has 1 N–H and O–H groups in total. The predicted molar refractivity (Wildman–Crippen MR) is 118 cm³/mol. The van der Waals surface area contributed by atoms with Gasteiger partial charge in [0, 0.05) is 11.8 Å². The van der Waals surface area contributed by atoms with Crippen molar-refractivity contribution in [2.75, 3.05) is 6.54 Å². The van der Waals surface area contributed by atoms with Crippen molar-refractivity contribution >= 4 is 6.09 Å². The maximum Gasteiger partial charge on any atom is 0.407 e. The fourth-order valence-electron chi connectivity index (χ4n) is 2.19. The lowest BCUT2D eigenvalue weighted by Gasteiger charge is -2.07. The molecule has 1 aliphatic rings. The van der Waals surface area contributed by atoms with Crippen molar-refractivity contribution in [2.24, 2.45) is 0 Å². The molecule has 0 bridgehead atoms. The second kappa shape index (κ2) is 14.0. The predicted octanol–water partition coefficient (Wildman–Crippen LogP) is 4.65. The molecule has 1 aromatic heterocycles. The Morgan fingerprint density at radius 3 is 2.53 bits per heavy atom. The molecule has 0 saturated carbocycles. The number of carbonyl (C=O) groups excluding carboxylic acids is 1. The van der Waals surface area contributed by atoms with Crippen molar-refractivity contribution in [1.82, 2.24) is 10.3 Å². The third kappa shape index (κ3) is 8.73. The molecule has 1 amide bonds. The molecule has 1 aliphatic heterocycles. The van der Waals surface area contributed by atoms with E-state index >= 15 is 0 Å². The number of halogens is 1. The lowest BCUT2D eigenvalue weighted by molar-refractivity contribution is 0.155. The van der Waals surface area contributed by atoms with E-state index in [1.54, 1.807) is 24.4 Å². The van der Waals surface area contributed by atoms with Gasteiger partial charge in [0.05, 0.1) is 6.54 Å². The molecule has 1 aromatic carbocycles. The zero-order valence-electron chi connectivity index (χ0n) is 16.7. The standard InChI is InChI=1S/C13H8FN.C10H13NO2.C2H2/c14-12-7-4-11(5-8-12)6-9-13-3-1-2-10-15-13;1-3-5-6-8(4-2)9-7-11-10(12)13-9;1-2/h1-5,7-8,10H;3-6,9H,2,7H2,1H3,(H,11,12);1-2H/b;5-3-,8-6+;/t;9-;/m.1./s1. The number of aromatic nitrogens is 1. The first kappa shape index (κ1) is 23.9. The molecule has 1 fully saturated rings. The van der Waals surface area contributed by atoms with E-state index in [4.69, 9.17) is 4.74 Å². The zero-order valence-corrected chi connectivity index (χ0v) is 16.7. The van der Waals surface area contributed by atoms with Gasteiger partial charge >= 0.3 is 6.09 Å². The Labute approximate surface area is 177 Å². The molecule has 0 unspecified atom stereocenters. The number of cyclic esters (lactones) is 1. The van der Waals surface area contributed by atoms with Crippen molar-refractivity contribution in [1.29, 1.82) is 0 Å². The number of hydrogen-bond acceptors (Lipinski definition) is 3. The molecule has 1 atom stereocenters. The summed E-state index contributed by atoms with van der Waals surface area (Å²) in [7, 11) is 0. The van der Waals surface area contributed by atoms with E-state index in [-0.39, 0.29) is 18.0 Å². The van der Waals surface area contributed by atoms with Gasteiger partial charge in [0.15, 0.2) is 0 Å². The largest absolute Gasteiger partial charge is 0.439 e. The summed E-state index contributed by atoms with van der Waals surface area (Å²) in [6, 6.07) is 11.6. The number of terminal acetylenes is 1. The van der Waals surface area contributed by atoms with Gasteiger partial charge < -0.3 is 10.1 Å². The van der Waals surface area contributed by atoms with Crippen LogP contribution >= 0.6 is 0 Å². The number of amides is 1.